The molecule has 4 rings (SSSR count). The highest BCUT2D eigenvalue weighted by molar-refractivity contribution is 8.13. The second kappa shape index (κ2) is 6.54. The van der Waals surface area contributed by atoms with Crippen LogP contribution >= 0.6 is 11.8 Å². The summed E-state index contributed by atoms with van der Waals surface area (Å²) in [5.74, 6) is 0.978. The molecule has 0 aliphatic carbocycles. The molecule has 3 N–H and O–H groups in total. The van der Waals surface area contributed by atoms with Crippen LogP contribution in [0.3, 0.4) is 0 Å². The molecule has 2 aliphatic heterocycles. The van der Waals surface area contributed by atoms with Crippen LogP contribution in [0.1, 0.15) is 15.9 Å². The molecular weight excluding hydrogens is 334 g/mol. The van der Waals surface area contributed by atoms with Crippen LogP contribution in [-0.4, -0.2) is 30.0 Å². The maximum absolute atomic E-state index is 12.4. The standard InChI is InChI=1S/C19H19N3O2S/c20-16-8-4-7-14(9-16)19-12-24-10-15(19)11-25-18(22-19)21-17(23)13-5-2-1-3-6-13/h1-9,15H,10-12,20H2,(H,21,22,23). The number of nitrogens with two attached hydrogens (primary N) is 1. The van der Waals surface area contributed by atoms with Gasteiger partial charge < -0.3 is 15.8 Å². The minimum absolute atomic E-state index is 0.146. The third-order valence-corrected chi connectivity index (χ3v) is 5.72. The van der Waals surface area contributed by atoms with E-state index in [4.69, 9.17) is 15.5 Å². The van der Waals surface area contributed by atoms with E-state index in [9.17, 15) is 4.79 Å². The number of carbonyl (C=O) groups is 1. The molecule has 2 aromatic carbocycles. The Morgan fingerprint density at radius 3 is 2.88 bits per heavy atom. The lowest BCUT2D eigenvalue weighted by atomic mass is 9.82. The van der Waals surface area contributed by atoms with Gasteiger partial charge in [-0.2, -0.15) is 0 Å². The van der Waals surface area contributed by atoms with Crippen molar-refractivity contribution in [2.45, 2.75) is 5.54 Å². The lowest BCUT2D eigenvalue weighted by molar-refractivity contribution is 0.0977. The van der Waals surface area contributed by atoms with Crippen molar-refractivity contribution in [1.29, 1.82) is 0 Å². The van der Waals surface area contributed by atoms with Gasteiger partial charge in [0, 0.05) is 22.9 Å². The van der Waals surface area contributed by atoms with Crippen LogP contribution in [-0.2, 0) is 10.3 Å². The van der Waals surface area contributed by atoms with Crippen molar-refractivity contribution < 1.29 is 9.53 Å². The summed E-state index contributed by atoms with van der Waals surface area (Å²) in [5, 5.41) is 3.58. The van der Waals surface area contributed by atoms with Gasteiger partial charge in [0.15, 0.2) is 5.17 Å². The van der Waals surface area contributed by atoms with Gasteiger partial charge in [-0.05, 0) is 29.8 Å². The number of carbonyl (C=O) groups excluding carboxylic acids is 1. The van der Waals surface area contributed by atoms with E-state index in [0.717, 1.165) is 11.3 Å². The number of rotatable bonds is 2. The molecule has 2 atom stereocenters. The number of hydrogen-bond acceptors (Lipinski definition) is 5. The summed E-state index contributed by atoms with van der Waals surface area (Å²) in [4.78, 5) is 17.4. The zero-order valence-corrected chi connectivity index (χ0v) is 14.5. The number of nitrogen functional groups attached to an aromatic ring is 1. The first-order valence-corrected chi connectivity index (χ1v) is 9.19. The van der Waals surface area contributed by atoms with E-state index in [1.807, 2.05) is 42.5 Å². The van der Waals surface area contributed by atoms with E-state index in [-0.39, 0.29) is 11.8 Å². The van der Waals surface area contributed by atoms with Crippen molar-refractivity contribution >= 4 is 28.5 Å². The molecule has 1 saturated heterocycles. The summed E-state index contributed by atoms with van der Waals surface area (Å²) in [6, 6.07) is 17.0. The number of thioether (sulfide) groups is 1. The number of fused-ring (bicyclic) bond motifs is 1. The fourth-order valence-corrected chi connectivity index (χ4v) is 4.45. The first-order chi connectivity index (χ1) is 12.2. The van der Waals surface area contributed by atoms with Crippen molar-refractivity contribution in [2.24, 2.45) is 10.9 Å². The Morgan fingerprint density at radius 1 is 1.24 bits per heavy atom. The van der Waals surface area contributed by atoms with Crippen LogP contribution in [0.2, 0.25) is 0 Å². The highest BCUT2D eigenvalue weighted by Crippen LogP contribution is 2.44. The molecule has 0 spiro atoms. The zero-order chi connectivity index (χ0) is 17.3. The number of nitrogens with one attached hydrogen (secondary N) is 1. The van der Waals surface area contributed by atoms with Crippen molar-refractivity contribution in [2.75, 3.05) is 24.7 Å². The Labute approximate surface area is 150 Å². The van der Waals surface area contributed by atoms with E-state index < -0.39 is 5.54 Å². The van der Waals surface area contributed by atoms with Gasteiger partial charge in [-0.15, -0.1) is 0 Å². The summed E-state index contributed by atoms with van der Waals surface area (Å²) >= 11 is 1.57. The molecule has 2 aliphatic rings. The molecule has 25 heavy (non-hydrogen) atoms. The van der Waals surface area contributed by atoms with Gasteiger partial charge in [0.05, 0.1) is 13.2 Å². The molecule has 0 radical (unpaired) electrons. The minimum atomic E-state index is -0.472. The van der Waals surface area contributed by atoms with Gasteiger partial charge in [0.25, 0.3) is 5.91 Å². The third-order valence-electron chi connectivity index (χ3n) is 4.68. The molecule has 1 fully saturated rings. The Balaban J connectivity index is 1.66. The Bertz CT molecular complexity index is 824. The molecule has 0 aromatic heterocycles. The van der Waals surface area contributed by atoms with Gasteiger partial charge in [-0.1, -0.05) is 42.1 Å². The highest BCUT2D eigenvalue weighted by Gasteiger charge is 2.48. The smallest absolute Gasteiger partial charge is 0.257 e. The molecule has 2 heterocycles. The first-order valence-electron chi connectivity index (χ1n) is 8.20. The maximum Gasteiger partial charge on any atom is 0.257 e. The van der Waals surface area contributed by atoms with Crippen molar-refractivity contribution in [1.82, 2.24) is 5.32 Å². The van der Waals surface area contributed by atoms with Crippen LogP contribution in [0.4, 0.5) is 5.69 Å². The quantitative estimate of drug-likeness (QED) is 0.814. The number of nitrogens with zero attached hydrogens (tertiary/aromatic N) is 1. The van der Waals surface area contributed by atoms with Gasteiger partial charge >= 0.3 is 0 Å². The SMILES string of the molecule is Nc1cccc(C23COCC2CSC(NC(=O)c2ccccc2)=N3)c1. The van der Waals surface area contributed by atoms with Crippen molar-refractivity contribution in [3.63, 3.8) is 0 Å². The lowest BCUT2D eigenvalue weighted by Gasteiger charge is -2.34. The lowest BCUT2D eigenvalue weighted by Crippen LogP contribution is -2.42. The zero-order valence-electron chi connectivity index (χ0n) is 13.6. The fourth-order valence-electron chi connectivity index (χ4n) is 3.33. The molecular formula is C19H19N3O2S. The van der Waals surface area contributed by atoms with E-state index in [0.29, 0.717) is 29.6 Å². The third kappa shape index (κ3) is 3.03. The van der Waals surface area contributed by atoms with E-state index in [2.05, 4.69) is 5.32 Å². The average Bonchev–Trinajstić information content (AvgIpc) is 3.07. The number of ether oxygens (including phenoxy) is 1. The summed E-state index contributed by atoms with van der Waals surface area (Å²) < 4.78 is 5.75. The molecule has 128 valence electrons. The number of amides is 1. The maximum atomic E-state index is 12.4. The Morgan fingerprint density at radius 2 is 2.08 bits per heavy atom. The average molecular weight is 353 g/mol. The summed E-state index contributed by atoms with van der Waals surface area (Å²) in [6.45, 7) is 1.18. The normalized spacial score (nSPS) is 25.1. The minimum Gasteiger partial charge on any atom is -0.399 e. The number of hydrogen-bond donors (Lipinski definition) is 2. The number of benzene rings is 2. The number of aliphatic imine (C=N–C) groups is 1. The predicted octanol–water partition coefficient (Wildman–Crippen LogP) is 2.64. The second-order valence-electron chi connectivity index (χ2n) is 6.31. The van der Waals surface area contributed by atoms with Gasteiger partial charge in [0.1, 0.15) is 5.54 Å². The fraction of sp³-hybridized carbons (Fsp3) is 0.263. The predicted molar refractivity (Wildman–Crippen MR) is 101 cm³/mol. The number of anilines is 1. The second-order valence-corrected chi connectivity index (χ2v) is 7.32. The summed E-state index contributed by atoms with van der Waals surface area (Å²) in [5.41, 5.74) is 7.87. The van der Waals surface area contributed by atoms with Crippen molar-refractivity contribution in [3.05, 3.63) is 65.7 Å². The molecule has 2 aromatic rings. The van der Waals surface area contributed by atoms with E-state index in [1.54, 1.807) is 23.9 Å². The largest absolute Gasteiger partial charge is 0.399 e. The molecule has 0 bridgehead atoms. The number of amidine groups is 1. The molecule has 0 saturated carbocycles. The van der Waals surface area contributed by atoms with Crippen molar-refractivity contribution in [3.8, 4) is 0 Å². The van der Waals surface area contributed by atoms with Crippen LogP contribution < -0.4 is 11.1 Å². The topological polar surface area (TPSA) is 76.7 Å². The van der Waals surface area contributed by atoms with Gasteiger partial charge in [0.2, 0.25) is 0 Å². The summed E-state index contributed by atoms with van der Waals surface area (Å²) in [7, 11) is 0. The van der Waals surface area contributed by atoms with E-state index in [1.165, 1.54) is 0 Å². The van der Waals surface area contributed by atoms with Crippen LogP contribution in [0.25, 0.3) is 0 Å². The van der Waals surface area contributed by atoms with E-state index >= 15 is 0 Å². The molecule has 5 nitrogen and oxygen atoms in total. The first kappa shape index (κ1) is 16.2. The monoisotopic (exact) mass is 353 g/mol. The van der Waals surface area contributed by atoms with Gasteiger partial charge in [-0.3, -0.25) is 4.79 Å². The van der Waals surface area contributed by atoms with Crippen LogP contribution in [0, 0.1) is 5.92 Å². The Kier molecular flexibility index (Phi) is 4.23. The van der Waals surface area contributed by atoms with Crippen LogP contribution in [0.5, 0.6) is 0 Å². The van der Waals surface area contributed by atoms with Crippen LogP contribution in [0.15, 0.2) is 59.6 Å². The Hall–Kier alpha value is -2.31. The molecule has 6 heteroatoms. The highest BCUT2D eigenvalue weighted by atomic mass is 32.2. The molecule has 1 amide bonds. The molecule has 2 unspecified atom stereocenters. The van der Waals surface area contributed by atoms with Gasteiger partial charge in [-0.25, -0.2) is 4.99 Å². The summed E-state index contributed by atoms with van der Waals surface area (Å²) in [6.07, 6.45) is 0.